The maximum Gasteiger partial charge on any atom is 0.242 e. The van der Waals surface area contributed by atoms with Gasteiger partial charge in [-0.05, 0) is 35.2 Å². The number of tetrazole rings is 1. The van der Waals surface area contributed by atoms with Gasteiger partial charge < -0.3 is 11.1 Å². The lowest BCUT2D eigenvalue weighted by Crippen LogP contribution is -2.39. The second kappa shape index (κ2) is 4.78. The van der Waals surface area contributed by atoms with Crippen LogP contribution in [0.5, 0.6) is 0 Å². The summed E-state index contributed by atoms with van der Waals surface area (Å²) in [5.74, 6) is 0.721. The number of rotatable bonds is 4. The Hall–Kier alpha value is -1.17. The molecule has 2 rings (SSSR count). The quantitative estimate of drug-likeness (QED) is 0.779. The van der Waals surface area contributed by atoms with Crippen LogP contribution in [0.3, 0.4) is 0 Å². The van der Waals surface area contributed by atoms with Crippen molar-refractivity contribution in [3.05, 3.63) is 0 Å². The fourth-order valence-corrected chi connectivity index (χ4v) is 2.40. The Morgan fingerprint density at radius 2 is 2.12 bits per heavy atom. The molecule has 0 atom stereocenters. The zero-order chi connectivity index (χ0) is 11.4. The summed E-state index contributed by atoms with van der Waals surface area (Å²) in [4.78, 5) is 0. The molecule has 1 aromatic heterocycles. The van der Waals surface area contributed by atoms with Gasteiger partial charge in [-0.25, -0.2) is 4.68 Å². The first kappa shape index (κ1) is 11.3. The first-order valence-electron chi connectivity index (χ1n) is 5.92. The van der Waals surface area contributed by atoms with E-state index in [-0.39, 0.29) is 5.41 Å². The topological polar surface area (TPSA) is 81.7 Å². The van der Waals surface area contributed by atoms with Gasteiger partial charge in [0.1, 0.15) is 0 Å². The molecule has 6 nitrogen and oxygen atoms in total. The van der Waals surface area contributed by atoms with Gasteiger partial charge in [0.05, 0.1) is 0 Å². The molecule has 0 spiro atoms. The molecule has 1 aromatic rings. The predicted octanol–water partition coefficient (Wildman–Crippen LogP) is 0.531. The number of hydrogen-bond donors (Lipinski definition) is 2. The molecule has 0 radical (unpaired) electrons. The van der Waals surface area contributed by atoms with Crippen molar-refractivity contribution < 1.29 is 0 Å². The Morgan fingerprint density at radius 1 is 1.38 bits per heavy atom. The van der Waals surface area contributed by atoms with Crippen LogP contribution in [0.4, 0.5) is 5.95 Å². The molecule has 3 N–H and O–H groups in total. The van der Waals surface area contributed by atoms with Gasteiger partial charge in [-0.15, -0.1) is 0 Å². The number of anilines is 1. The average Bonchev–Trinajstić information content (AvgIpc) is 2.74. The SMILES string of the molecule is Cn1nnnc1NCC1(CN)CCCCC1. The highest BCUT2D eigenvalue weighted by Gasteiger charge is 2.30. The van der Waals surface area contributed by atoms with E-state index in [2.05, 4.69) is 20.8 Å². The second-order valence-corrected chi connectivity index (χ2v) is 4.74. The molecule has 16 heavy (non-hydrogen) atoms. The molecule has 90 valence electrons. The number of aromatic nitrogens is 4. The third-order valence-corrected chi connectivity index (χ3v) is 3.59. The first-order valence-corrected chi connectivity index (χ1v) is 5.92. The van der Waals surface area contributed by atoms with E-state index in [0.29, 0.717) is 0 Å². The lowest BCUT2D eigenvalue weighted by molar-refractivity contribution is 0.215. The first-order chi connectivity index (χ1) is 7.76. The summed E-state index contributed by atoms with van der Waals surface area (Å²) in [6, 6.07) is 0. The van der Waals surface area contributed by atoms with E-state index in [9.17, 15) is 0 Å². The number of nitrogens with zero attached hydrogens (tertiary/aromatic N) is 4. The summed E-state index contributed by atoms with van der Waals surface area (Å²) < 4.78 is 1.65. The molecule has 1 aliphatic rings. The van der Waals surface area contributed by atoms with Gasteiger partial charge in [-0.2, -0.15) is 0 Å². The van der Waals surface area contributed by atoms with E-state index < -0.39 is 0 Å². The van der Waals surface area contributed by atoms with Crippen LogP contribution in [0.2, 0.25) is 0 Å². The van der Waals surface area contributed by atoms with Crippen LogP contribution in [0.25, 0.3) is 0 Å². The summed E-state index contributed by atoms with van der Waals surface area (Å²) in [7, 11) is 1.83. The van der Waals surface area contributed by atoms with Gasteiger partial charge in [-0.1, -0.05) is 24.4 Å². The lowest BCUT2D eigenvalue weighted by Gasteiger charge is -2.36. The lowest BCUT2D eigenvalue weighted by atomic mass is 9.74. The van der Waals surface area contributed by atoms with Crippen LogP contribution in [-0.2, 0) is 7.05 Å². The summed E-state index contributed by atoms with van der Waals surface area (Å²) in [6.07, 6.45) is 6.34. The van der Waals surface area contributed by atoms with Gasteiger partial charge in [0.2, 0.25) is 5.95 Å². The van der Waals surface area contributed by atoms with Crippen LogP contribution in [0.1, 0.15) is 32.1 Å². The van der Waals surface area contributed by atoms with Crippen molar-refractivity contribution >= 4 is 5.95 Å². The van der Waals surface area contributed by atoms with Crippen LogP contribution >= 0.6 is 0 Å². The Morgan fingerprint density at radius 3 is 2.69 bits per heavy atom. The Balaban J connectivity index is 1.94. The highest BCUT2D eigenvalue weighted by atomic mass is 15.6. The molecule has 1 aliphatic carbocycles. The van der Waals surface area contributed by atoms with E-state index in [1.54, 1.807) is 4.68 Å². The van der Waals surface area contributed by atoms with Crippen molar-refractivity contribution in [2.24, 2.45) is 18.2 Å². The highest BCUT2D eigenvalue weighted by Crippen LogP contribution is 2.35. The zero-order valence-electron chi connectivity index (χ0n) is 9.82. The molecular formula is C10H20N6. The van der Waals surface area contributed by atoms with Crippen molar-refractivity contribution in [1.29, 1.82) is 0 Å². The summed E-state index contributed by atoms with van der Waals surface area (Å²) in [6.45, 7) is 1.61. The zero-order valence-corrected chi connectivity index (χ0v) is 9.82. The van der Waals surface area contributed by atoms with Crippen LogP contribution in [0.15, 0.2) is 0 Å². The van der Waals surface area contributed by atoms with Gasteiger partial charge >= 0.3 is 0 Å². The third-order valence-electron chi connectivity index (χ3n) is 3.59. The van der Waals surface area contributed by atoms with Crippen molar-refractivity contribution in [3.8, 4) is 0 Å². The van der Waals surface area contributed by atoms with Gasteiger partial charge in [-0.3, -0.25) is 0 Å². The van der Waals surface area contributed by atoms with E-state index in [1.807, 2.05) is 7.05 Å². The summed E-state index contributed by atoms with van der Waals surface area (Å²) >= 11 is 0. The molecule has 1 heterocycles. The number of nitrogens with two attached hydrogens (primary N) is 1. The normalized spacial score (nSPS) is 19.6. The molecule has 1 fully saturated rings. The number of nitrogens with one attached hydrogen (secondary N) is 1. The van der Waals surface area contributed by atoms with Crippen LogP contribution in [-0.4, -0.2) is 33.3 Å². The predicted molar refractivity (Wildman–Crippen MR) is 61.9 cm³/mol. The van der Waals surface area contributed by atoms with Gasteiger partial charge in [0.15, 0.2) is 0 Å². The van der Waals surface area contributed by atoms with Crippen molar-refractivity contribution in [3.63, 3.8) is 0 Å². The molecular weight excluding hydrogens is 204 g/mol. The minimum Gasteiger partial charge on any atom is -0.352 e. The number of hydrogen-bond acceptors (Lipinski definition) is 5. The smallest absolute Gasteiger partial charge is 0.242 e. The van der Waals surface area contributed by atoms with Crippen LogP contribution in [0, 0.1) is 5.41 Å². The monoisotopic (exact) mass is 224 g/mol. The van der Waals surface area contributed by atoms with E-state index in [0.717, 1.165) is 19.0 Å². The Bertz CT molecular complexity index is 328. The third kappa shape index (κ3) is 2.32. The minimum atomic E-state index is 0.240. The van der Waals surface area contributed by atoms with E-state index in [1.165, 1.54) is 32.1 Å². The van der Waals surface area contributed by atoms with Gasteiger partial charge in [0, 0.05) is 13.6 Å². The molecule has 0 saturated heterocycles. The Labute approximate surface area is 95.6 Å². The standard InChI is InChI=1S/C10H20N6/c1-16-9(13-14-15-16)12-8-10(7-11)5-3-2-4-6-10/h2-8,11H2,1H3,(H,12,13,15). The Kier molecular flexibility index (Phi) is 3.38. The fourth-order valence-electron chi connectivity index (χ4n) is 2.40. The number of aryl methyl sites for hydroxylation is 1. The molecule has 6 heteroatoms. The molecule has 0 amide bonds. The maximum absolute atomic E-state index is 5.92. The van der Waals surface area contributed by atoms with E-state index in [4.69, 9.17) is 5.73 Å². The molecule has 0 aliphatic heterocycles. The average molecular weight is 224 g/mol. The van der Waals surface area contributed by atoms with Crippen molar-refractivity contribution in [2.75, 3.05) is 18.4 Å². The molecule has 0 aromatic carbocycles. The maximum atomic E-state index is 5.92. The molecule has 0 bridgehead atoms. The fraction of sp³-hybridized carbons (Fsp3) is 0.900. The summed E-state index contributed by atoms with van der Waals surface area (Å²) in [5.41, 5.74) is 6.16. The van der Waals surface area contributed by atoms with Gasteiger partial charge in [0.25, 0.3) is 0 Å². The van der Waals surface area contributed by atoms with Crippen molar-refractivity contribution in [1.82, 2.24) is 20.2 Å². The second-order valence-electron chi connectivity index (χ2n) is 4.74. The minimum absolute atomic E-state index is 0.240. The van der Waals surface area contributed by atoms with Crippen molar-refractivity contribution in [2.45, 2.75) is 32.1 Å². The van der Waals surface area contributed by atoms with E-state index >= 15 is 0 Å². The van der Waals surface area contributed by atoms with Crippen LogP contribution < -0.4 is 11.1 Å². The largest absolute Gasteiger partial charge is 0.352 e. The molecule has 1 saturated carbocycles. The summed E-state index contributed by atoms with van der Waals surface area (Å²) in [5, 5.41) is 14.6. The molecule has 0 unspecified atom stereocenters. The highest BCUT2D eigenvalue weighted by molar-refractivity contribution is 5.21.